The van der Waals surface area contributed by atoms with Gasteiger partial charge in [0.25, 0.3) is 11.9 Å². The number of carbonyl (C=O) groups excluding carboxylic acids is 2. The number of carbonyl (C=O) groups is 3. The van der Waals surface area contributed by atoms with Crippen LogP contribution in [0.2, 0.25) is 0 Å². The predicted octanol–water partition coefficient (Wildman–Crippen LogP) is -1.92. The summed E-state index contributed by atoms with van der Waals surface area (Å²) < 4.78 is 0. The summed E-state index contributed by atoms with van der Waals surface area (Å²) in [6, 6.07) is -2.75. The minimum atomic E-state index is -1.34. The number of hydrogen-bond acceptors (Lipinski definition) is 6. The van der Waals surface area contributed by atoms with Crippen LogP contribution >= 0.6 is 0 Å². The van der Waals surface area contributed by atoms with Crippen LogP contribution in [0.3, 0.4) is 0 Å². The molecule has 12 nitrogen and oxygen atoms in total. The third kappa shape index (κ3) is 4.02. The van der Waals surface area contributed by atoms with Gasteiger partial charge in [-0.2, -0.15) is 0 Å². The maximum atomic E-state index is 12.0. The molecule has 12 heteroatoms. The van der Waals surface area contributed by atoms with Crippen LogP contribution in [0.1, 0.15) is 13.3 Å². The van der Waals surface area contributed by atoms with Gasteiger partial charge in [-0.05, 0) is 6.42 Å². The molecule has 1 aliphatic heterocycles. The highest BCUT2D eigenvalue weighted by atomic mass is 16.7. The quantitative estimate of drug-likeness (QED) is 0.124. The van der Waals surface area contributed by atoms with Crippen molar-refractivity contribution in [3.8, 4) is 0 Å². The van der Waals surface area contributed by atoms with Crippen LogP contribution in [0.4, 0.5) is 4.79 Å². The number of nitrogens with zero attached hydrogens (tertiary/aromatic N) is 2. The number of aliphatic carboxylic acids is 1. The Morgan fingerprint density at radius 2 is 2.24 bits per heavy atom. The molecule has 21 heavy (non-hydrogen) atoms. The van der Waals surface area contributed by atoms with E-state index in [0.29, 0.717) is 4.90 Å². The van der Waals surface area contributed by atoms with E-state index in [9.17, 15) is 24.5 Å². The molecule has 0 aromatic rings. The highest BCUT2D eigenvalue weighted by Crippen LogP contribution is 2.11. The highest BCUT2D eigenvalue weighted by molar-refractivity contribution is 6.06. The van der Waals surface area contributed by atoms with Crippen LogP contribution in [0.25, 0.3) is 0 Å². The Labute approximate surface area is 118 Å². The monoisotopic (exact) mass is 302 g/mol. The van der Waals surface area contributed by atoms with E-state index >= 15 is 0 Å². The van der Waals surface area contributed by atoms with Crippen molar-refractivity contribution in [3.63, 3.8) is 0 Å². The fourth-order valence-electron chi connectivity index (χ4n) is 1.83. The number of nitro groups is 1. The number of hydrazine groups is 1. The van der Waals surface area contributed by atoms with E-state index in [-0.39, 0.29) is 6.42 Å². The van der Waals surface area contributed by atoms with Gasteiger partial charge in [0, 0.05) is 0 Å². The van der Waals surface area contributed by atoms with Crippen LogP contribution in [0, 0.1) is 15.5 Å². The summed E-state index contributed by atoms with van der Waals surface area (Å²) in [5.74, 6) is -2.76. The van der Waals surface area contributed by atoms with E-state index in [1.807, 2.05) is 0 Å². The molecule has 1 fully saturated rings. The fraction of sp³-hybridized carbons (Fsp3) is 0.556. The maximum absolute atomic E-state index is 12.0. The summed E-state index contributed by atoms with van der Waals surface area (Å²) in [4.78, 5) is 44.8. The number of guanidine groups is 1. The summed E-state index contributed by atoms with van der Waals surface area (Å²) >= 11 is 0. The van der Waals surface area contributed by atoms with Crippen LogP contribution in [0.15, 0.2) is 0 Å². The second-order valence-corrected chi connectivity index (χ2v) is 4.15. The van der Waals surface area contributed by atoms with Crippen molar-refractivity contribution >= 4 is 23.9 Å². The number of nitrogens with one attached hydrogen (secondary N) is 4. The highest BCUT2D eigenvalue weighted by Gasteiger charge is 2.43. The zero-order valence-corrected chi connectivity index (χ0v) is 11.0. The Morgan fingerprint density at radius 1 is 1.62 bits per heavy atom. The van der Waals surface area contributed by atoms with Crippen LogP contribution in [0.5, 0.6) is 0 Å². The smallest absolute Gasteiger partial charge is 0.325 e. The number of carboxylic acid groups (broad SMARTS) is 1. The Kier molecular flexibility index (Phi) is 4.99. The first-order valence-electron chi connectivity index (χ1n) is 5.86. The van der Waals surface area contributed by atoms with Crippen LogP contribution in [-0.2, 0) is 9.59 Å². The van der Waals surface area contributed by atoms with Gasteiger partial charge >= 0.3 is 12.0 Å². The third-order valence-electron chi connectivity index (χ3n) is 2.72. The summed E-state index contributed by atoms with van der Waals surface area (Å²) in [5, 5.41) is 29.8. The van der Waals surface area contributed by atoms with E-state index < -0.39 is 47.5 Å². The lowest BCUT2D eigenvalue weighted by atomic mass is 10.1. The van der Waals surface area contributed by atoms with E-state index in [2.05, 4.69) is 10.6 Å². The number of hydrogen-bond donors (Lipinski definition) is 5. The largest absolute Gasteiger partial charge is 0.480 e. The van der Waals surface area contributed by atoms with Gasteiger partial charge in [0.1, 0.15) is 12.6 Å². The van der Waals surface area contributed by atoms with Gasteiger partial charge in [0.15, 0.2) is 5.03 Å². The van der Waals surface area contributed by atoms with Crippen molar-refractivity contribution in [2.24, 2.45) is 0 Å². The van der Waals surface area contributed by atoms with E-state index in [0.717, 1.165) is 0 Å². The van der Waals surface area contributed by atoms with Gasteiger partial charge in [-0.1, -0.05) is 12.3 Å². The van der Waals surface area contributed by atoms with E-state index in [1.54, 1.807) is 12.3 Å². The summed E-state index contributed by atoms with van der Waals surface area (Å²) in [6.07, 6.45) is 0.263. The predicted molar refractivity (Wildman–Crippen MR) is 66.7 cm³/mol. The topological polar surface area (TPSA) is 178 Å². The lowest BCUT2D eigenvalue weighted by Gasteiger charge is -2.21. The van der Waals surface area contributed by atoms with Crippen molar-refractivity contribution in [3.05, 3.63) is 10.1 Å². The van der Waals surface area contributed by atoms with Crippen molar-refractivity contribution in [1.29, 1.82) is 5.41 Å². The molecule has 0 aliphatic carbocycles. The second-order valence-electron chi connectivity index (χ2n) is 4.15. The normalized spacial score (nSPS) is 18.9. The van der Waals surface area contributed by atoms with Crippen molar-refractivity contribution in [2.45, 2.75) is 25.4 Å². The molecule has 2 atom stereocenters. The average molecular weight is 302 g/mol. The lowest BCUT2D eigenvalue weighted by molar-refractivity contribution is -0.525. The van der Waals surface area contributed by atoms with Gasteiger partial charge in [0.2, 0.25) is 0 Å². The molecule has 0 aromatic heterocycles. The lowest BCUT2D eigenvalue weighted by Crippen LogP contribution is -2.54. The molecule has 1 aliphatic rings. The van der Waals surface area contributed by atoms with E-state index in [1.165, 1.54) is 0 Å². The molecule has 3 amide bonds. The molecule has 1 heterocycles. The molecule has 5 N–H and O–H groups in total. The van der Waals surface area contributed by atoms with Gasteiger partial charge in [0.05, 0.1) is 6.04 Å². The van der Waals surface area contributed by atoms with Crippen molar-refractivity contribution in [1.82, 2.24) is 21.0 Å². The standard InChI is InChI=1S/C9H14N6O6/c1-2-4(11-8(10)13-15(20)21)6-7(18)14(3-5(16)17)9(19)12-6/h4,6H,2-3H2,1H3,(H,12,19)(H,16,17)(H3,10,11,13)/t4-,6?/m0/s1. The minimum Gasteiger partial charge on any atom is -0.480 e. The Bertz CT molecular complexity index is 493. The first-order valence-corrected chi connectivity index (χ1v) is 5.86. The van der Waals surface area contributed by atoms with E-state index in [4.69, 9.17) is 10.5 Å². The zero-order valence-electron chi connectivity index (χ0n) is 11.0. The molecule has 0 aromatic carbocycles. The molecular weight excluding hydrogens is 288 g/mol. The first kappa shape index (κ1) is 16.1. The molecule has 1 unspecified atom stereocenters. The van der Waals surface area contributed by atoms with Crippen molar-refractivity contribution in [2.75, 3.05) is 6.54 Å². The van der Waals surface area contributed by atoms with Gasteiger partial charge < -0.3 is 15.7 Å². The molecule has 116 valence electrons. The zero-order chi connectivity index (χ0) is 16.2. The summed E-state index contributed by atoms with van der Waals surface area (Å²) in [5.41, 5.74) is 1.56. The Morgan fingerprint density at radius 3 is 2.71 bits per heavy atom. The van der Waals surface area contributed by atoms with Gasteiger partial charge in [-0.3, -0.25) is 19.9 Å². The molecular formula is C9H14N6O6. The number of imide groups is 1. The Balaban J connectivity index is 2.76. The summed E-state index contributed by atoms with van der Waals surface area (Å²) in [6.45, 7) is 0.860. The number of rotatable bonds is 6. The minimum absolute atomic E-state index is 0.263. The van der Waals surface area contributed by atoms with Gasteiger partial charge in [-0.15, -0.1) is 0 Å². The molecule has 1 saturated heterocycles. The molecule has 0 saturated carbocycles. The van der Waals surface area contributed by atoms with Gasteiger partial charge in [-0.25, -0.2) is 14.9 Å². The maximum Gasteiger partial charge on any atom is 0.325 e. The second kappa shape index (κ2) is 6.49. The molecule has 0 spiro atoms. The molecule has 1 rings (SSSR count). The summed E-state index contributed by atoms with van der Waals surface area (Å²) in [7, 11) is 0. The SMILES string of the molecule is CC[C@H](NC(=N)N[N+](=O)[O-])C1NC(=O)N(CC(=O)O)C1=O. The number of urea groups is 1. The number of carboxylic acids is 1. The van der Waals surface area contributed by atoms with Crippen molar-refractivity contribution < 1.29 is 24.5 Å². The molecule has 0 bridgehead atoms. The third-order valence-corrected chi connectivity index (χ3v) is 2.72. The average Bonchev–Trinajstić information content (AvgIpc) is 2.62. The molecule has 0 radical (unpaired) electrons. The number of amides is 3. The van der Waals surface area contributed by atoms with Crippen LogP contribution in [-0.4, -0.2) is 57.5 Å². The fourth-order valence-corrected chi connectivity index (χ4v) is 1.83. The Hall–Kier alpha value is -2.92. The van der Waals surface area contributed by atoms with Crippen LogP contribution < -0.4 is 16.1 Å². The first-order chi connectivity index (χ1) is 9.76.